The lowest BCUT2D eigenvalue weighted by atomic mass is 9.70. The number of aliphatic carboxylic acids is 1. The van der Waals surface area contributed by atoms with E-state index in [2.05, 4.69) is 20.5 Å². The fourth-order valence-electron chi connectivity index (χ4n) is 6.80. The Morgan fingerprint density at radius 2 is 1.81 bits per heavy atom. The molecule has 0 aliphatic carbocycles. The average molecular weight is 687 g/mol. The van der Waals surface area contributed by atoms with E-state index in [1.807, 2.05) is 13.0 Å². The molecule has 0 unspecified atom stereocenters. The Labute approximate surface area is 276 Å². The molecule has 0 bridgehead atoms. The third-order valence-electron chi connectivity index (χ3n) is 9.62. The van der Waals surface area contributed by atoms with Gasteiger partial charge in [-0.3, -0.25) is 9.20 Å². The number of piperidine rings is 1. The highest BCUT2D eigenvalue weighted by atomic mass is 32.2. The van der Waals surface area contributed by atoms with Gasteiger partial charge in [0.2, 0.25) is 21.7 Å². The van der Waals surface area contributed by atoms with Gasteiger partial charge in [0.1, 0.15) is 10.5 Å². The molecule has 3 aromatic heterocycles. The van der Waals surface area contributed by atoms with E-state index in [4.69, 9.17) is 4.74 Å². The summed E-state index contributed by atoms with van der Waals surface area (Å²) in [6.45, 7) is 9.68. The summed E-state index contributed by atoms with van der Waals surface area (Å²) in [5, 5.41) is 20.9. The first-order valence-electron chi connectivity index (χ1n) is 15.6. The van der Waals surface area contributed by atoms with Crippen LogP contribution in [0.2, 0.25) is 0 Å². The van der Waals surface area contributed by atoms with Crippen LogP contribution in [0.15, 0.2) is 47.6 Å². The second-order valence-electron chi connectivity index (χ2n) is 13.4. The second kappa shape index (κ2) is 11.8. The quantitative estimate of drug-likeness (QED) is 0.287. The molecule has 0 saturated carbocycles. The summed E-state index contributed by atoms with van der Waals surface area (Å²) < 4.78 is 78.1. The van der Waals surface area contributed by atoms with Crippen LogP contribution < -0.4 is 10.1 Å². The normalized spacial score (nSPS) is 18.7. The van der Waals surface area contributed by atoms with Crippen molar-refractivity contribution in [3.05, 3.63) is 81.9 Å². The average Bonchev–Trinajstić information content (AvgIpc) is 3.44. The fourth-order valence-corrected chi connectivity index (χ4v) is 8.44. The molecule has 0 amide bonds. The molecule has 6 rings (SSSR count). The van der Waals surface area contributed by atoms with Crippen LogP contribution >= 0.6 is 0 Å². The number of hydrogen-bond donors (Lipinski definition) is 2. The van der Waals surface area contributed by atoms with Gasteiger partial charge in [-0.15, -0.1) is 10.2 Å². The zero-order valence-electron chi connectivity index (χ0n) is 27.2. The molecule has 1 spiro atoms. The minimum Gasteiger partial charge on any atom is -0.481 e. The number of carboxylic acid groups (broad SMARTS) is 1. The molecule has 2 aliphatic rings. The zero-order valence-corrected chi connectivity index (χ0v) is 28.0. The van der Waals surface area contributed by atoms with Crippen LogP contribution in [-0.4, -0.2) is 68.6 Å². The fraction of sp³-hybridized carbons (Fsp3) is 0.455. The van der Waals surface area contributed by atoms with Gasteiger partial charge in [0.25, 0.3) is 0 Å². The first-order valence-corrected chi connectivity index (χ1v) is 17.0. The van der Waals surface area contributed by atoms with E-state index in [0.29, 0.717) is 53.7 Å². The number of pyridine rings is 2. The maximum atomic E-state index is 14.3. The molecule has 2 N–H and O–H groups in total. The van der Waals surface area contributed by atoms with Crippen LogP contribution in [0.5, 0.6) is 5.88 Å². The van der Waals surface area contributed by atoms with Crippen LogP contribution in [0.3, 0.4) is 0 Å². The lowest BCUT2D eigenvalue weighted by Gasteiger charge is -2.38. The Hall–Kier alpha value is -4.08. The summed E-state index contributed by atoms with van der Waals surface area (Å²) in [6, 6.07) is 8.42. The highest BCUT2D eigenvalue weighted by Gasteiger charge is 2.46. The maximum Gasteiger partial charge on any atom is 0.452 e. The first-order chi connectivity index (χ1) is 22.4. The number of hydrogen-bond acceptors (Lipinski definition) is 8. The van der Waals surface area contributed by atoms with E-state index in [1.165, 1.54) is 16.6 Å². The number of aryl methyl sites for hydroxylation is 3. The predicted octanol–water partition coefficient (Wildman–Crippen LogP) is 5.02. The van der Waals surface area contributed by atoms with Gasteiger partial charge in [0.15, 0.2) is 5.65 Å². The Morgan fingerprint density at radius 3 is 2.48 bits per heavy atom. The number of carbonyl (C=O) groups is 1. The van der Waals surface area contributed by atoms with Crippen LogP contribution in [0, 0.1) is 26.2 Å². The number of benzene rings is 1. The third-order valence-corrected chi connectivity index (χ3v) is 11.4. The molecule has 4 aromatic rings. The van der Waals surface area contributed by atoms with Crippen molar-refractivity contribution < 1.29 is 36.2 Å². The van der Waals surface area contributed by atoms with Crippen molar-refractivity contribution in [2.75, 3.05) is 19.6 Å². The molecular weight excluding hydrogens is 649 g/mol. The van der Waals surface area contributed by atoms with Crippen LogP contribution in [0.25, 0.3) is 5.65 Å². The summed E-state index contributed by atoms with van der Waals surface area (Å²) in [5.74, 6) is -3.07. The van der Waals surface area contributed by atoms with Crippen LogP contribution in [0.1, 0.15) is 71.8 Å². The zero-order chi connectivity index (χ0) is 34.8. The summed E-state index contributed by atoms with van der Waals surface area (Å²) >= 11 is 0. The molecule has 256 valence electrons. The van der Waals surface area contributed by atoms with E-state index in [9.17, 15) is 31.5 Å². The molecule has 11 nitrogen and oxygen atoms in total. The lowest BCUT2D eigenvalue weighted by Crippen LogP contribution is -2.53. The molecule has 15 heteroatoms. The number of halogens is 3. The number of rotatable bonds is 6. The van der Waals surface area contributed by atoms with Gasteiger partial charge in [0.05, 0.1) is 12.0 Å². The van der Waals surface area contributed by atoms with Crippen molar-refractivity contribution >= 4 is 21.6 Å². The number of alkyl halides is 3. The van der Waals surface area contributed by atoms with Gasteiger partial charge in [-0.05, 0) is 93.2 Å². The number of sulfonamides is 1. The number of aromatic nitrogens is 4. The number of nitrogens with one attached hydrogen (secondary N) is 1. The summed E-state index contributed by atoms with van der Waals surface area (Å²) in [4.78, 5) is 17.1. The van der Waals surface area contributed by atoms with E-state index >= 15 is 0 Å². The molecular formula is C33H37F3N6O5S. The molecule has 2 aliphatic heterocycles. The largest absolute Gasteiger partial charge is 0.481 e. The van der Waals surface area contributed by atoms with E-state index < -0.39 is 44.9 Å². The molecule has 5 heterocycles. The SMILES string of the molecule is Cc1cnc2c(c1)S(=O)(=O)N(Cc1cc([C@@H](c3ccn4c(C(F)(F)F)nnc4c3C)C(C)(C)C(=O)O)ccc1C)CC1(CCNCC1)O2. The van der Waals surface area contributed by atoms with Crippen molar-refractivity contribution in [2.45, 2.75) is 76.6 Å². The summed E-state index contributed by atoms with van der Waals surface area (Å²) in [7, 11) is -4.08. The number of carboxylic acids is 1. The van der Waals surface area contributed by atoms with Crippen LogP contribution in [0.4, 0.5) is 13.2 Å². The van der Waals surface area contributed by atoms with Crippen LogP contribution in [-0.2, 0) is 27.5 Å². The van der Waals surface area contributed by atoms with E-state index in [-0.39, 0.29) is 29.5 Å². The van der Waals surface area contributed by atoms with Gasteiger partial charge in [-0.1, -0.05) is 18.2 Å². The second-order valence-corrected chi connectivity index (χ2v) is 15.3. The van der Waals surface area contributed by atoms with Gasteiger partial charge >= 0.3 is 12.1 Å². The van der Waals surface area contributed by atoms with Gasteiger partial charge in [-0.25, -0.2) is 13.4 Å². The highest BCUT2D eigenvalue weighted by Crippen LogP contribution is 2.44. The van der Waals surface area contributed by atoms with E-state index in [1.54, 1.807) is 52.1 Å². The lowest BCUT2D eigenvalue weighted by molar-refractivity contribution is -0.147. The molecule has 1 saturated heterocycles. The Balaban J connectivity index is 1.47. The summed E-state index contributed by atoms with van der Waals surface area (Å²) in [5.41, 5.74) is 1.20. The maximum absolute atomic E-state index is 14.3. The first kappa shape index (κ1) is 33.8. The predicted molar refractivity (Wildman–Crippen MR) is 169 cm³/mol. The molecule has 1 fully saturated rings. The summed E-state index contributed by atoms with van der Waals surface area (Å²) in [6.07, 6.45) is -0.805. The van der Waals surface area contributed by atoms with Crippen molar-refractivity contribution in [1.29, 1.82) is 0 Å². The van der Waals surface area contributed by atoms with Gasteiger partial charge in [0, 0.05) is 37.7 Å². The Morgan fingerprint density at radius 1 is 1.10 bits per heavy atom. The smallest absolute Gasteiger partial charge is 0.452 e. The molecule has 48 heavy (non-hydrogen) atoms. The van der Waals surface area contributed by atoms with Crippen molar-refractivity contribution in [3.63, 3.8) is 0 Å². The molecule has 0 radical (unpaired) electrons. The van der Waals surface area contributed by atoms with Crippen molar-refractivity contribution in [2.24, 2.45) is 5.41 Å². The number of ether oxygens (including phenoxy) is 1. The van der Waals surface area contributed by atoms with E-state index in [0.717, 1.165) is 9.96 Å². The number of nitrogens with zero attached hydrogens (tertiary/aromatic N) is 5. The Kier molecular flexibility index (Phi) is 8.32. The van der Waals surface area contributed by atoms with Gasteiger partial charge in [-0.2, -0.15) is 17.5 Å². The molecule has 1 aromatic carbocycles. The van der Waals surface area contributed by atoms with Crippen molar-refractivity contribution in [3.8, 4) is 5.88 Å². The molecule has 1 atom stereocenters. The monoisotopic (exact) mass is 686 g/mol. The topological polar surface area (TPSA) is 139 Å². The van der Waals surface area contributed by atoms with Crippen molar-refractivity contribution in [1.82, 2.24) is 29.2 Å². The number of fused-ring (bicyclic) bond motifs is 2. The Bertz CT molecular complexity index is 2020. The third kappa shape index (κ3) is 5.81. The highest BCUT2D eigenvalue weighted by molar-refractivity contribution is 7.89. The minimum atomic E-state index is -4.74. The minimum absolute atomic E-state index is 0.00735. The standard InChI is InChI=1S/C33H37F3N6O5S/c1-19-14-25-28(38-16-19)47-32(9-11-37-12-10-32)18-41(48(25,45)46)17-23-15-22(7-6-20(23)2)26(31(4,5)30(43)44)24-8-13-42-27(21(24)3)39-40-29(42)33(34,35)36/h6-8,13-16,26,37H,9-12,17-18H2,1-5H3,(H,43,44)/t26-/m0/s1. The van der Waals surface area contributed by atoms with Gasteiger partial charge < -0.3 is 15.2 Å².